The number of hydrogen-bond acceptors (Lipinski definition) is 3. The van der Waals surface area contributed by atoms with E-state index in [1.165, 1.54) is 11.3 Å². The molecule has 0 saturated heterocycles. The summed E-state index contributed by atoms with van der Waals surface area (Å²) in [4.78, 5) is 16.7. The molecule has 0 bridgehead atoms. The quantitative estimate of drug-likeness (QED) is 0.834. The summed E-state index contributed by atoms with van der Waals surface area (Å²) in [6.45, 7) is 2.22. The van der Waals surface area contributed by atoms with Crippen LogP contribution in [0.1, 0.15) is 31.2 Å². The molecule has 2 N–H and O–H groups in total. The maximum Gasteiger partial charge on any atom is 0.317 e. The van der Waals surface area contributed by atoms with E-state index >= 15 is 0 Å². The van der Waals surface area contributed by atoms with E-state index in [4.69, 9.17) is 0 Å². The number of likely N-dealkylation sites (N-methyl/N-ethyl adjacent to an activating group) is 1. The van der Waals surface area contributed by atoms with Crippen LogP contribution in [-0.4, -0.2) is 48.3 Å². The lowest BCUT2D eigenvalue weighted by molar-refractivity contribution is 0.115. The normalized spacial score (nSPS) is 25.4. The van der Waals surface area contributed by atoms with Gasteiger partial charge in [-0.25, -0.2) is 4.79 Å². The third kappa shape index (κ3) is 3.35. The molecule has 5 nitrogen and oxygen atoms in total. The van der Waals surface area contributed by atoms with Gasteiger partial charge in [0.2, 0.25) is 0 Å². The molecule has 0 aromatic heterocycles. The Hall–Kier alpha value is -1.75. The number of aliphatic hydroxyl groups excluding tert-OH is 1. The average molecular weight is 303 g/mol. The van der Waals surface area contributed by atoms with Gasteiger partial charge in [0.15, 0.2) is 0 Å². The van der Waals surface area contributed by atoms with Crippen LogP contribution in [0.3, 0.4) is 0 Å². The number of rotatable bonds is 1. The van der Waals surface area contributed by atoms with Crippen LogP contribution in [0, 0.1) is 0 Å². The molecule has 5 heteroatoms. The van der Waals surface area contributed by atoms with E-state index in [9.17, 15) is 9.90 Å². The van der Waals surface area contributed by atoms with Gasteiger partial charge in [-0.2, -0.15) is 0 Å². The number of carbonyl (C=O) groups is 1. The number of para-hydroxylation sites is 1. The molecule has 1 saturated carbocycles. The van der Waals surface area contributed by atoms with Crippen LogP contribution in [0.25, 0.3) is 0 Å². The number of aliphatic hydroxyl groups is 1. The van der Waals surface area contributed by atoms with Crippen molar-refractivity contribution in [2.75, 3.05) is 25.0 Å². The van der Waals surface area contributed by atoms with Gasteiger partial charge in [0, 0.05) is 38.4 Å². The Kier molecular flexibility index (Phi) is 4.52. The molecule has 2 amide bonds. The largest absolute Gasteiger partial charge is 0.393 e. The lowest BCUT2D eigenvalue weighted by Gasteiger charge is -2.29. The smallest absolute Gasteiger partial charge is 0.317 e. The maximum absolute atomic E-state index is 12.6. The monoisotopic (exact) mass is 303 g/mol. The van der Waals surface area contributed by atoms with Crippen LogP contribution in [-0.2, 0) is 6.54 Å². The molecule has 0 unspecified atom stereocenters. The number of benzene rings is 1. The fourth-order valence-electron chi connectivity index (χ4n) is 3.35. The number of fused-ring (bicyclic) bond motifs is 1. The van der Waals surface area contributed by atoms with Crippen molar-refractivity contribution in [3.05, 3.63) is 29.8 Å². The van der Waals surface area contributed by atoms with Gasteiger partial charge in [0.1, 0.15) is 0 Å². The van der Waals surface area contributed by atoms with Gasteiger partial charge >= 0.3 is 6.03 Å². The van der Waals surface area contributed by atoms with Crippen molar-refractivity contribution in [3.63, 3.8) is 0 Å². The first-order valence-corrected chi connectivity index (χ1v) is 8.16. The number of amides is 2. The van der Waals surface area contributed by atoms with Crippen LogP contribution in [0.5, 0.6) is 0 Å². The predicted octanol–water partition coefficient (Wildman–Crippen LogP) is 1.95. The van der Waals surface area contributed by atoms with Gasteiger partial charge in [-0.1, -0.05) is 18.2 Å². The van der Waals surface area contributed by atoms with E-state index in [2.05, 4.69) is 29.4 Å². The topological polar surface area (TPSA) is 55.8 Å². The highest BCUT2D eigenvalue weighted by Crippen LogP contribution is 2.24. The first-order valence-electron chi connectivity index (χ1n) is 8.16. The lowest BCUT2D eigenvalue weighted by atomic mass is 9.93. The molecule has 0 radical (unpaired) electrons. The van der Waals surface area contributed by atoms with Gasteiger partial charge in [-0.3, -0.25) is 0 Å². The van der Waals surface area contributed by atoms with Crippen LogP contribution in [0.2, 0.25) is 0 Å². The molecule has 22 heavy (non-hydrogen) atoms. The van der Waals surface area contributed by atoms with Crippen LogP contribution >= 0.6 is 0 Å². The minimum Gasteiger partial charge on any atom is -0.393 e. The zero-order valence-electron chi connectivity index (χ0n) is 13.2. The standard InChI is InChI=1S/C17H25N3O2/c1-19-10-11-20(12-13-4-2-3-5-16(13)19)17(22)18-14-6-8-15(21)9-7-14/h2-5,14-15,21H,6-12H2,1H3,(H,18,22). The molecular formula is C17H25N3O2. The molecule has 2 aliphatic rings. The van der Waals surface area contributed by atoms with Crippen molar-refractivity contribution in [1.82, 2.24) is 10.2 Å². The van der Waals surface area contributed by atoms with Crippen LogP contribution in [0.15, 0.2) is 24.3 Å². The minimum absolute atomic E-state index is 0.0199. The number of carbonyl (C=O) groups excluding carboxylic acids is 1. The molecule has 1 heterocycles. The average Bonchev–Trinajstić information content (AvgIpc) is 2.69. The second kappa shape index (κ2) is 6.57. The Bertz CT molecular complexity index is 526. The summed E-state index contributed by atoms with van der Waals surface area (Å²) in [7, 11) is 2.07. The zero-order chi connectivity index (χ0) is 15.5. The second-order valence-corrected chi connectivity index (χ2v) is 6.43. The molecule has 1 aliphatic carbocycles. The summed E-state index contributed by atoms with van der Waals surface area (Å²) in [5.41, 5.74) is 2.40. The highest BCUT2D eigenvalue weighted by atomic mass is 16.3. The van der Waals surface area contributed by atoms with Crippen LogP contribution < -0.4 is 10.2 Å². The highest BCUT2D eigenvalue weighted by molar-refractivity contribution is 5.75. The summed E-state index contributed by atoms with van der Waals surface area (Å²) >= 11 is 0. The van der Waals surface area contributed by atoms with E-state index in [1.807, 2.05) is 17.0 Å². The summed E-state index contributed by atoms with van der Waals surface area (Å²) < 4.78 is 0. The zero-order valence-corrected chi connectivity index (χ0v) is 13.2. The molecule has 0 spiro atoms. The van der Waals surface area contributed by atoms with Crippen molar-refractivity contribution in [3.8, 4) is 0 Å². The fraction of sp³-hybridized carbons (Fsp3) is 0.588. The molecule has 1 aliphatic heterocycles. The molecule has 1 aromatic rings. The maximum atomic E-state index is 12.6. The number of nitrogens with one attached hydrogen (secondary N) is 1. The second-order valence-electron chi connectivity index (χ2n) is 6.43. The van der Waals surface area contributed by atoms with E-state index in [-0.39, 0.29) is 18.2 Å². The Morgan fingerprint density at radius 3 is 2.68 bits per heavy atom. The summed E-state index contributed by atoms with van der Waals surface area (Å²) in [5, 5.41) is 12.7. The van der Waals surface area contributed by atoms with Gasteiger partial charge in [-0.15, -0.1) is 0 Å². The first kappa shape index (κ1) is 15.2. The van der Waals surface area contributed by atoms with E-state index in [0.29, 0.717) is 6.54 Å². The first-order chi connectivity index (χ1) is 10.6. The summed E-state index contributed by atoms with van der Waals surface area (Å²) in [6, 6.07) is 8.49. The fourth-order valence-corrected chi connectivity index (χ4v) is 3.35. The lowest BCUT2D eigenvalue weighted by Crippen LogP contribution is -2.47. The number of urea groups is 1. The number of hydrogen-bond donors (Lipinski definition) is 2. The third-order valence-corrected chi connectivity index (χ3v) is 4.78. The SMILES string of the molecule is CN1CCN(C(=O)NC2CCC(O)CC2)Cc2ccccc21. The van der Waals surface area contributed by atoms with E-state index < -0.39 is 0 Å². The van der Waals surface area contributed by atoms with Crippen molar-refractivity contribution in [1.29, 1.82) is 0 Å². The Balaban J connectivity index is 1.64. The van der Waals surface area contributed by atoms with Crippen LogP contribution in [0.4, 0.5) is 10.5 Å². The third-order valence-electron chi connectivity index (χ3n) is 4.78. The van der Waals surface area contributed by atoms with E-state index in [0.717, 1.165) is 38.8 Å². The van der Waals surface area contributed by atoms with Gasteiger partial charge in [-0.05, 0) is 37.3 Å². The van der Waals surface area contributed by atoms with Gasteiger partial charge in [0.25, 0.3) is 0 Å². The Morgan fingerprint density at radius 2 is 1.91 bits per heavy atom. The Labute approximate surface area is 131 Å². The molecular weight excluding hydrogens is 278 g/mol. The van der Waals surface area contributed by atoms with Gasteiger partial charge < -0.3 is 20.2 Å². The predicted molar refractivity (Wildman–Crippen MR) is 86.9 cm³/mol. The van der Waals surface area contributed by atoms with Gasteiger partial charge in [0.05, 0.1) is 6.10 Å². The molecule has 0 atom stereocenters. The van der Waals surface area contributed by atoms with Crippen molar-refractivity contribution in [2.45, 2.75) is 44.4 Å². The summed E-state index contributed by atoms with van der Waals surface area (Å²) in [6.07, 6.45) is 3.13. The van der Waals surface area contributed by atoms with Crippen molar-refractivity contribution >= 4 is 11.7 Å². The number of anilines is 1. The molecule has 3 rings (SSSR count). The number of nitrogens with zero attached hydrogens (tertiary/aromatic N) is 2. The highest BCUT2D eigenvalue weighted by Gasteiger charge is 2.25. The summed E-state index contributed by atoms with van der Waals surface area (Å²) in [5.74, 6) is 0. The van der Waals surface area contributed by atoms with Crippen molar-refractivity contribution < 1.29 is 9.90 Å². The molecule has 1 aromatic carbocycles. The Morgan fingerprint density at radius 1 is 1.18 bits per heavy atom. The molecule has 120 valence electrons. The van der Waals surface area contributed by atoms with Crippen molar-refractivity contribution in [2.24, 2.45) is 0 Å². The molecule has 1 fully saturated rings. The van der Waals surface area contributed by atoms with E-state index in [1.54, 1.807) is 0 Å². The minimum atomic E-state index is -0.188.